The maximum atomic E-state index is 5.68. The van der Waals surface area contributed by atoms with Crippen molar-refractivity contribution in [1.29, 1.82) is 0 Å². The summed E-state index contributed by atoms with van der Waals surface area (Å²) in [5, 5.41) is 3.64. The van der Waals surface area contributed by atoms with Gasteiger partial charge in [0, 0.05) is 12.0 Å². The lowest BCUT2D eigenvalue weighted by Crippen LogP contribution is -2.22. The lowest BCUT2D eigenvalue weighted by Gasteiger charge is -2.18. The first-order valence-corrected chi connectivity index (χ1v) is 8.68. The van der Waals surface area contributed by atoms with Crippen LogP contribution in [0.15, 0.2) is 83.5 Å². The highest BCUT2D eigenvalue weighted by Crippen LogP contribution is 2.25. The highest BCUT2D eigenvalue weighted by Gasteiger charge is 2.15. The molecular formula is C22H25NO. The van der Waals surface area contributed by atoms with Gasteiger partial charge < -0.3 is 9.73 Å². The maximum absolute atomic E-state index is 5.68. The number of benzene rings is 2. The van der Waals surface area contributed by atoms with E-state index in [2.05, 4.69) is 79.0 Å². The van der Waals surface area contributed by atoms with Crippen LogP contribution in [0.2, 0.25) is 0 Å². The van der Waals surface area contributed by atoms with Crippen molar-refractivity contribution in [2.45, 2.75) is 31.7 Å². The van der Waals surface area contributed by atoms with Gasteiger partial charge in [-0.2, -0.15) is 0 Å². The molecule has 1 heterocycles. The van der Waals surface area contributed by atoms with Gasteiger partial charge in [0.05, 0.1) is 6.26 Å². The quantitative estimate of drug-likeness (QED) is 0.605. The highest BCUT2D eigenvalue weighted by atomic mass is 16.3. The van der Waals surface area contributed by atoms with E-state index in [1.807, 2.05) is 6.07 Å². The third kappa shape index (κ3) is 4.59. The molecule has 2 heteroatoms. The first-order valence-electron chi connectivity index (χ1n) is 8.68. The Kier molecular flexibility index (Phi) is 5.86. The number of hydrogen-bond acceptors (Lipinski definition) is 2. The van der Waals surface area contributed by atoms with E-state index in [0.29, 0.717) is 12.0 Å². The van der Waals surface area contributed by atoms with Crippen LogP contribution in [0.25, 0.3) is 0 Å². The largest absolute Gasteiger partial charge is 0.469 e. The molecule has 0 amide bonds. The van der Waals surface area contributed by atoms with Crippen LogP contribution in [-0.4, -0.2) is 6.54 Å². The van der Waals surface area contributed by atoms with E-state index in [0.717, 1.165) is 25.1 Å². The Morgan fingerprint density at radius 1 is 0.875 bits per heavy atom. The molecule has 0 aliphatic heterocycles. The number of hydrogen-bond donors (Lipinski definition) is 1. The Balaban J connectivity index is 1.58. The SMILES string of the molecule is C[C@H](NCC[C@H](Cc1ccccc1)c1ccco1)c1ccccc1. The molecule has 1 N–H and O–H groups in total. The molecule has 0 saturated heterocycles. The lowest BCUT2D eigenvalue weighted by molar-refractivity contribution is 0.428. The Bertz CT molecular complexity index is 691. The van der Waals surface area contributed by atoms with E-state index in [9.17, 15) is 0 Å². The summed E-state index contributed by atoms with van der Waals surface area (Å²) in [7, 11) is 0. The molecule has 0 bridgehead atoms. The van der Waals surface area contributed by atoms with Gasteiger partial charge in [-0.15, -0.1) is 0 Å². The minimum atomic E-state index is 0.361. The predicted octanol–water partition coefficient (Wildman–Crippen LogP) is 5.35. The predicted molar refractivity (Wildman–Crippen MR) is 99.1 cm³/mol. The van der Waals surface area contributed by atoms with Gasteiger partial charge in [-0.1, -0.05) is 60.7 Å². The molecule has 0 radical (unpaired) electrons. The number of furan rings is 1. The fourth-order valence-corrected chi connectivity index (χ4v) is 3.10. The third-order valence-corrected chi connectivity index (χ3v) is 4.51. The Labute approximate surface area is 144 Å². The standard InChI is InChI=1S/C22H25NO/c1-18(20-11-6-3-7-12-20)23-15-14-21(22-13-8-16-24-22)17-19-9-4-2-5-10-19/h2-13,16,18,21,23H,14-15,17H2,1H3/t18-,21+/m0/s1. The number of nitrogens with one attached hydrogen (secondary N) is 1. The summed E-state index contributed by atoms with van der Waals surface area (Å²) in [5.74, 6) is 1.48. The normalized spacial score (nSPS) is 13.5. The first-order chi connectivity index (χ1) is 11.8. The molecule has 0 aliphatic rings. The second-order valence-corrected chi connectivity index (χ2v) is 6.28. The average molecular weight is 319 g/mol. The smallest absolute Gasteiger partial charge is 0.107 e. The third-order valence-electron chi connectivity index (χ3n) is 4.51. The molecule has 0 aliphatic carbocycles. The molecule has 1 aromatic heterocycles. The van der Waals surface area contributed by atoms with E-state index in [1.54, 1.807) is 6.26 Å². The fraction of sp³-hybridized carbons (Fsp3) is 0.273. The zero-order valence-corrected chi connectivity index (χ0v) is 14.2. The van der Waals surface area contributed by atoms with Crippen LogP contribution >= 0.6 is 0 Å². The summed E-state index contributed by atoms with van der Waals surface area (Å²) in [6, 6.07) is 25.7. The molecule has 3 rings (SSSR count). The second kappa shape index (κ2) is 8.51. The Hall–Kier alpha value is -2.32. The molecule has 24 heavy (non-hydrogen) atoms. The van der Waals surface area contributed by atoms with Gasteiger partial charge >= 0.3 is 0 Å². The molecule has 3 aromatic rings. The monoisotopic (exact) mass is 319 g/mol. The summed E-state index contributed by atoms with van der Waals surface area (Å²) in [4.78, 5) is 0. The topological polar surface area (TPSA) is 25.2 Å². The van der Waals surface area contributed by atoms with Gasteiger partial charge in [0.2, 0.25) is 0 Å². The van der Waals surface area contributed by atoms with Gasteiger partial charge in [0.15, 0.2) is 0 Å². The molecule has 124 valence electrons. The Morgan fingerprint density at radius 3 is 2.25 bits per heavy atom. The van der Waals surface area contributed by atoms with E-state index in [1.165, 1.54) is 11.1 Å². The summed E-state index contributed by atoms with van der Waals surface area (Å²) in [5.41, 5.74) is 2.69. The van der Waals surface area contributed by atoms with E-state index in [-0.39, 0.29) is 0 Å². The summed E-state index contributed by atoms with van der Waals surface area (Å²) < 4.78 is 5.68. The van der Waals surface area contributed by atoms with Crippen LogP contribution in [0, 0.1) is 0 Å². The van der Waals surface area contributed by atoms with Crippen molar-refractivity contribution in [3.05, 3.63) is 95.9 Å². The minimum Gasteiger partial charge on any atom is -0.469 e. The number of rotatable bonds is 8. The van der Waals surface area contributed by atoms with Gasteiger partial charge in [0.25, 0.3) is 0 Å². The van der Waals surface area contributed by atoms with Crippen molar-refractivity contribution >= 4 is 0 Å². The molecule has 2 nitrogen and oxygen atoms in total. The molecule has 2 aromatic carbocycles. The van der Waals surface area contributed by atoms with E-state index >= 15 is 0 Å². The van der Waals surface area contributed by atoms with Gasteiger partial charge in [-0.05, 0) is 49.6 Å². The molecule has 0 fully saturated rings. The minimum absolute atomic E-state index is 0.361. The van der Waals surface area contributed by atoms with Crippen molar-refractivity contribution in [3.8, 4) is 0 Å². The zero-order valence-electron chi connectivity index (χ0n) is 14.2. The maximum Gasteiger partial charge on any atom is 0.107 e. The zero-order chi connectivity index (χ0) is 16.6. The fourth-order valence-electron chi connectivity index (χ4n) is 3.10. The molecule has 0 spiro atoms. The van der Waals surface area contributed by atoms with Gasteiger partial charge in [-0.3, -0.25) is 0 Å². The van der Waals surface area contributed by atoms with Crippen LogP contribution in [0.5, 0.6) is 0 Å². The first kappa shape index (κ1) is 16.5. The average Bonchev–Trinajstić information content (AvgIpc) is 3.17. The molecular weight excluding hydrogens is 294 g/mol. The van der Waals surface area contributed by atoms with Crippen LogP contribution in [-0.2, 0) is 6.42 Å². The second-order valence-electron chi connectivity index (χ2n) is 6.28. The van der Waals surface area contributed by atoms with Gasteiger partial charge in [0.1, 0.15) is 5.76 Å². The van der Waals surface area contributed by atoms with Crippen LogP contribution in [0.1, 0.15) is 42.2 Å². The molecule has 0 unspecified atom stereocenters. The molecule has 2 atom stereocenters. The summed E-state index contributed by atoms with van der Waals surface area (Å²) >= 11 is 0. The van der Waals surface area contributed by atoms with Crippen molar-refractivity contribution in [2.24, 2.45) is 0 Å². The molecule has 0 saturated carbocycles. The van der Waals surface area contributed by atoms with Crippen molar-refractivity contribution < 1.29 is 4.42 Å². The van der Waals surface area contributed by atoms with Gasteiger partial charge in [-0.25, -0.2) is 0 Å². The summed E-state index contributed by atoms with van der Waals surface area (Å²) in [6.45, 7) is 3.18. The highest BCUT2D eigenvalue weighted by molar-refractivity contribution is 5.20. The van der Waals surface area contributed by atoms with Crippen molar-refractivity contribution in [1.82, 2.24) is 5.32 Å². The van der Waals surface area contributed by atoms with Crippen molar-refractivity contribution in [2.75, 3.05) is 6.54 Å². The summed E-state index contributed by atoms with van der Waals surface area (Å²) in [6.07, 6.45) is 3.84. The van der Waals surface area contributed by atoms with Crippen molar-refractivity contribution in [3.63, 3.8) is 0 Å². The van der Waals surface area contributed by atoms with Crippen LogP contribution in [0.4, 0.5) is 0 Å². The van der Waals surface area contributed by atoms with Crippen LogP contribution < -0.4 is 5.32 Å². The van der Waals surface area contributed by atoms with E-state index < -0.39 is 0 Å². The lowest BCUT2D eigenvalue weighted by atomic mass is 9.93. The van der Waals surface area contributed by atoms with Crippen LogP contribution in [0.3, 0.4) is 0 Å². The Morgan fingerprint density at radius 2 is 1.58 bits per heavy atom. The van der Waals surface area contributed by atoms with E-state index in [4.69, 9.17) is 4.42 Å².